The molecule has 0 fully saturated rings. The SMILES string of the molecule is CCCCCCCCCCCC(=O)N[C@](CCCCCCCCCC)(C(=O)O)C(C)C. The first kappa shape index (κ1) is 29.9. The first-order valence-corrected chi connectivity index (χ1v) is 13.4. The molecule has 1 atom stereocenters. The molecule has 2 N–H and O–H groups in total. The summed E-state index contributed by atoms with van der Waals surface area (Å²) in [6.07, 6.45) is 21.3. The van der Waals surface area contributed by atoms with Crippen molar-refractivity contribution in [2.24, 2.45) is 5.92 Å². The maximum Gasteiger partial charge on any atom is 0.329 e. The van der Waals surface area contributed by atoms with Crippen molar-refractivity contribution >= 4 is 11.9 Å². The van der Waals surface area contributed by atoms with Crippen molar-refractivity contribution in [1.29, 1.82) is 0 Å². The number of hydrogen-bond acceptors (Lipinski definition) is 2. The normalized spacial score (nSPS) is 13.3. The van der Waals surface area contributed by atoms with E-state index in [9.17, 15) is 14.7 Å². The lowest BCUT2D eigenvalue weighted by molar-refractivity contribution is -0.150. The van der Waals surface area contributed by atoms with Crippen molar-refractivity contribution in [3.05, 3.63) is 0 Å². The van der Waals surface area contributed by atoms with E-state index in [1.54, 1.807) is 0 Å². The van der Waals surface area contributed by atoms with Gasteiger partial charge in [0.1, 0.15) is 5.54 Å². The molecule has 0 aliphatic rings. The van der Waals surface area contributed by atoms with Gasteiger partial charge in [-0.15, -0.1) is 0 Å². The summed E-state index contributed by atoms with van der Waals surface area (Å²) in [4.78, 5) is 24.7. The molecule has 0 saturated heterocycles. The smallest absolute Gasteiger partial charge is 0.329 e. The molecule has 4 nitrogen and oxygen atoms in total. The van der Waals surface area contributed by atoms with Crippen molar-refractivity contribution < 1.29 is 14.7 Å². The van der Waals surface area contributed by atoms with Gasteiger partial charge in [0.15, 0.2) is 0 Å². The zero-order chi connectivity index (χ0) is 23.4. The van der Waals surface area contributed by atoms with Gasteiger partial charge in [0.05, 0.1) is 0 Å². The average Bonchev–Trinajstić information content (AvgIpc) is 2.73. The Morgan fingerprint density at radius 2 is 1.06 bits per heavy atom. The number of carbonyl (C=O) groups excluding carboxylic acids is 1. The van der Waals surface area contributed by atoms with E-state index in [-0.39, 0.29) is 11.8 Å². The fourth-order valence-electron chi connectivity index (χ4n) is 4.35. The van der Waals surface area contributed by atoms with E-state index in [1.165, 1.54) is 77.0 Å². The topological polar surface area (TPSA) is 66.4 Å². The van der Waals surface area contributed by atoms with Crippen molar-refractivity contribution in [1.82, 2.24) is 5.32 Å². The monoisotopic (exact) mass is 439 g/mol. The Hall–Kier alpha value is -1.06. The molecule has 0 aromatic carbocycles. The highest BCUT2D eigenvalue weighted by Crippen LogP contribution is 2.26. The van der Waals surface area contributed by atoms with Crippen LogP contribution in [-0.2, 0) is 9.59 Å². The van der Waals surface area contributed by atoms with Crippen LogP contribution in [0.5, 0.6) is 0 Å². The highest BCUT2D eigenvalue weighted by atomic mass is 16.4. The largest absolute Gasteiger partial charge is 0.479 e. The van der Waals surface area contributed by atoms with E-state index in [4.69, 9.17) is 0 Å². The number of carbonyl (C=O) groups is 2. The number of hydrogen-bond donors (Lipinski definition) is 2. The molecule has 0 aromatic rings. The Labute approximate surface area is 193 Å². The van der Waals surface area contributed by atoms with Gasteiger partial charge in [-0.1, -0.05) is 130 Å². The lowest BCUT2D eigenvalue weighted by atomic mass is 9.81. The lowest BCUT2D eigenvalue weighted by Gasteiger charge is -2.34. The lowest BCUT2D eigenvalue weighted by Crippen LogP contribution is -2.58. The second-order valence-electron chi connectivity index (χ2n) is 9.78. The average molecular weight is 440 g/mol. The van der Waals surface area contributed by atoms with E-state index >= 15 is 0 Å². The molecule has 1 amide bonds. The first-order valence-electron chi connectivity index (χ1n) is 13.4. The third-order valence-corrected chi connectivity index (χ3v) is 6.66. The third kappa shape index (κ3) is 14.6. The minimum atomic E-state index is -1.13. The summed E-state index contributed by atoms with van der Waals surface area (Å²) >= 11 is 0. The number of nitrogens with one attached hydrogen (secondary N) is 1. The van der Waals surface area contributed by atoms with Crippen LogP contribution >= 0.6 is 0 Å². The van der Waals surface area contributed by atoms with E-state index < -0.39 is 11.5 Å². The van der Waals surface area contributed by atoms with Crippen LogP contribution in [0, 0.1) is 5.92 Å². The quantitative estimate of drug-likeness (QED) is 0.168. The second kappa shape index (κ2) is 19.6. The number of carboxylic acid groups (broad SMARTS) is 1. The van der Waals surface area contributed by atoms with Gasteiger partial charge in [0, 0.05) is 6.42 Å². The minimum Gasteiger partial charge on any atom is -0.479 e. The van der Waals surface area contributed by atoms with Gasteiger partial charge in [0.2, 0.25) is 5.91 Å². The van der Waals surface area contributed by atoms with Crippen LogP contribution in [0.15, 0.2) is 0 Å². The first-order chi connectivity index (χ1) is 14.9. The zero-order valence-corrected chi connectivity index (χ0v) is 21.3. The fraction of sp³-hybridized carbons (Fsp3) is 0.926. The van der Waals surface area contributed by atoms with Crippen molar-refractivity contribution in [3.63, 3.8) is 0 Å². The highest BCUT2D eigenvalue weighted by Gasteiger charge is 2.42. The second-order valence-corrected chi connectivity index (χ2v) is 9.78. The molecule has 0 saturated carbocycles. The van der Waals surface area contributed by atoms with Crippen LogP contribution in [0.3, 0.4) is 0 Å². The molecule has 0 rings (SSSR count). The van der Waals surface area contributed by atoms with Gasteiger partial charge < -0.3 is 10.4 Å². The summed E-state index contributed by atoms with van der Waals surface area (Å²) < 4.78 is 0. The highest BCUT2D eigenvalue weighted by molar-refractivity contribution is 5.87. The molecule has 0 radical (unpaired) electrons. The van der Waals surface area contributed by atoms with Crippen LogP contribution in [0.2, 0.25) is 0 Å². The number of unbranched alkanes of at least 4 members (excludes halogenated alkanes) is 15. The molecule has 31 heavy (non-hydrogen) atoms. The van der Waals surface area contributed by atoms with Crippen LogP contribution in [0.1, 0.15) is 150 Å². The van der Waals surface area contributed by atoms with Crippen LogP contribution in [0.4, 0.5) is 0 Å². The molecule has 0 aliphatic carbocycles. The Kier molecular flexibility index (Phi) is 18.9. The number of rotatable bonds is 22. The maximum absolute atomic E-state index is 12.5. The molecule has 0 unspecified atom stereocenters. The van der Waals surface area contributed by atoms with Crippen molar-refractivity contribution in [2.45, 2.75) is 155 Å². The summed E-state index contributed by atoms with van der Waals surface area (Å²) in [7, 11) is 0. The van der Waals surface area contributed by atoms with Crippen molar-refractivity contribution in [2.75, 3.05) is 0 Å². The van der Waals surface area contributed by atoms with E-state index in [0.29, 0.717) is 12.8 Å². The van der Waals surface area contributed by atoms with E-state index in [1.807, 2.05) is 13.8 Å². The molecule has 0 bridgehead atoms. The van der Waals surface area contributed by atoms with Crippen LogP contribution < -0.4 is 5.32 Å². The molecule has 184 valence electrons. The predicted molar refractivity (Wildman–Crippen MR) is 132 cm³/mol. The summed E-state index contributed by atoms with van der Waals surface area (Å²) in [5.74, 6) is -1.11. The van der Waals surface area contributed by atoms with Gasteiger partial charge in [-0.25, -0.2) is 4.79 Å². The Balaban J connectivity index is 4.23. The summed E-state index contributed by atoms with van der Waals surface area (Å²) in [5.41, 5.74) is -1.13. The van der Waals surface area contributed by atoms with Crippen LogP contribution in [0.25, 0.3) is 0 Å². The minimum absolute atomic E-state index is 0.0985. The summed E-state index contributed by atoms with van der Waals surface area (Å²) in [6.45, 7) is 8.29. The fourth-order valence-corrected chi connectivity index (χ4v) is 4.35. The number of carboxylic acids is 1. The Morgan fingerprint density at radius 1 is 0.677 bits per heavy atom. The molecule has 0 heterocycles. The standard InChI is InChI=1S/C27H53NO3/c1-5-7-9-11-13-15-16-18-20-22-25(29)28-27(24(3)4,26(30)31)23-21-19-17-14-12-10-8-6-2/h24H,5-23H2,1-4H3,(H,28,29)(H,30,31)/t27-/m0/s1. The van der Waals surface area contributed by atoms with Crippen molar-refractivity contribution in [3.8, 4) is 0 Å². The number of aliphatic carboxylic acids is 1. The maximum atomic E-state index is 12.5. The summed E-state index contributed by atoms with van der Waals surface area (Å²) in [6, 6.07) is 0. The molecule has 0 spiro atoms. The Morgan fingerprint density at radius 3 is 1.45 bits per heavy atom. The van der Waals surface area contributed by atoms with Gasteiger partial charge in [-0.2, -0.15) is 0 Å². The van der Waals surface area contributed by atoms with Gasteiger partial charge in [0.25, 0.3) is 0 Å². The molecule has 4 heteroatoms. The van der Waals surface area contributed by atoms with Gasteiger partial charge >= 0.3 is 5.97 Å². The van der Waals surface area contributed by atoms with Crippen LogP contribution in [-0.4, -0.2) is 22.5 Å². The molecule has 0 aliphatic heterocycles. The molecular weight excluding hydrogens is 386 g/mol. The predicted octanol–water partition coefficient (Wildman–Crippen LogP) is 8.03. The zero-order valence-electron chi connectivity index (χ0n) is 21.3. The third-order valence-electron chi connectivity index (χ3n) is 6.66. The summed E-state index contributed by atoms with van der Waals surface area (Å²) in [5, 5.41) is 12.9. The number of amides is 1. The van der Waals surface area contributed by atoms with E-state index in [2.05, 4.69) is 19.2 Å². The molecular formula is C27H53NO3. The van der Waals surface area contributed by atoms with Gasteiger partial charge in [-0.3, -0.25) is 4.79 Å². The Bertz CT molecular complexity index is 450. The van der Waals surface area contributed by atoms with Gasteiger partial charge in [-0.05, 0) is 18.8 Å². The van der Waals surface area contributed by atoms with E-state index in [0.717, 1.165) is 32.1 Å². The molecule has 0 aromatic heterocycles.